The van der Waals surface area contributed by atoms with E-state index in [1.807, 2.05) is 30.3 Å². The number of aliphatic hydroxyl groups excluding tert-OH is 2. The van der Waals surface area contributed by atoms with E-state index < -0.39 is 6.10 Å². The zero-order chi connectivity index (χ0) is 19.5. The maximum Gasteiger partial charge on any atom is 0.161 e. The molecule has 0 amide bonds. The Labute approximate surface area is 164 Å². The number of methoxy groups -OCH3 is 1. The Morgan fingerprint density at radius 1 is 1.04 bits per heavy atom. The Morgan fingerprint density at radius 3 is 2.64 bits per heavy atom. The zero-order valence-electron chi connectivity index (χ0n) is 16.0. The minimum atomic E-state index is -0.473. The summed E-state index contributed by atoms with van der Waals surface area (Å²) in [5.41, 5.74) is 3.10. The maximum atomic E-state index is 10.1. The first-order chi connectivity index (χ1) is 13.7. The van der Waals surface area contributed by atoms with E-state index in [-0.39, 0.29) is 18.8 Å². The van der Waals surface area contributed by atoms with Crippen LogP contribution in [0.2, 0.25) is 0 Å². The molecule has 0 radical (unpaired) electrons. The minimum Gasteiger partial charge on any atom is -0.496 e. The molecule has 6 heteroatoms. The third-order valence-electron chi connectivity index (χ3n) is 5.26. The van der Waals surface area contributed by atoms with E-state index in [2.05, 4.69) is 6.07 Å². The molecule has 6 nitrogen and oxygen atoms in total. The quantitative estimate of drug-likeness (QED) is 0.823. The van der Waals surface area contributed by atoms with Gasteiger partial charge in [-0.25, -0.2) is 0 Å². The summed E-state index contributed by atoms with van der Waals surface area (Å²) in [7, 11) is 1.66. The SMILES string of the molecule is COc1ccc([C@H]2C[C@@H](O)C[C@@H](CO)O2)cc1Cc1ccc2c(c1)OCCO2. The predicted octanol–water partition coefficient (Wildman–Crippen LogP) is 2.63. The van der Waals surface area contributed by atoms with Gasteiger partial charge in [-0.2, -0.15) is 0 Å². The summed E-state index contributed by atoms with van der Waals surface area (Å²) in [4.78, 5) is 0. The summed E-state index contributed by atoms with van der Waals surface area (Å²) in [6.07, 6.45) is 0.605. The number of hydrogen-bond donors (Lipinski definition) is 2. The van der Waals surface area contributed by atoms with Gasteiger partial charge in [0.2, 0.25) is 0 Å². The molecule has 2 aromatic carbocycles. The van der Waals surface area contributed by atoms with Crippen LogP contribution in [0.25, 0.3) is 0 Å². The van der Waals surface area contributed by atoms with Crippen molar-refractivity contribution in [3.05, 3.63) is 53.1 Å². The van der Waals surface area contributed by atoms with Crippen LogP contribution < -0.4 is 14.2 Å². The van der Waals surface area contributed by atoms with Crippen LogP contribution in [0.15, 0.2) is 36.4 Å². The molecule has 2 aliphatic rings. The van der Waals surface area contributed by atoms with Gasteiger partial charge in [0.1, 0.15) is 19.0 Å². The van der Waals surface area contributed by atoms with Crippen molar-refractivity contribution in [2.75, 3.05) is 26.9 Å². The zero-order valence-corrected chi connectivity index (χ0v) is 16.0. The molecule has 1 saturated heterocycles. The fourth-order valence-electron chi connectivity index (χ4n) is 3.88. The number of benzene rings is 2. The van der Waals surface area contributed by atoms with Gasteiger partial charge in [0.15, 0.2) is 11.5 Å². The van der Waals surface area contributed by atoms with Crippen molar-refractivity contribution in [3.63, 3.8) is 0 Å². The van der Waals surface area contributed by atoms with Gasteiger partial charge in [-0.3, -0.25) is 0 Å². The average Bonchev–Trinajstić information content (AvgIpc) is 2.73. The maximum absolute atomic E-state index is 10.1. The molecular weight excluding hydrogens is 360 g/mol. The van der Waals surface area contributed by atoms with Crippen LogP contribution in [-0.4, -0.2) is 49.4 Å². The average molecular weight is 386 g/mol. The monoisotopic (exact) mass is 386 g/mol. The Kier molecular flexibility index (Phi) is 5.71. The van der Waals surface area contributed by atoms with Crippen LogP contribution in [-0.2, 0) is 11.2 Å². The van der Waals surface area contributed by atoms with E-state index in [0.717, 1.165) is 33.9 Å². The molecule has 4 rings (SSSR count). The van der Waals surface area contributed by atoms with Crippen LogP contribution in [0.5, 0.6) is 17.2 Å². The molecule has 2 N–H and O–H groups in total. The van der Waals surface area contributed by atoms with Crippen molar-refractivity contribution >= 4 is 0 Å². The summed E-state index contributed by atoms with van der Waals surface area (Å²) in [5, 5.41) is 19.5. The highest BCUT2D eigenvalue weighted by Crippen LogP contribution is 2.36. The summed E-state index contributed by atoms with van der Waals surface area (Å²) in [6, 6.07) is 11.9. The van der Waals surface area contributed by atoms with Crippen molar-refractivity contribution in [3.8, 4) is 17.2 Å². The van der Waals surface area contributed by atoms with Gasteiger partial charge in [-0.1, -0.05) is 12.1 Å². The molecule has 2 aliphatic heterocycles. The fourth-order valence-corrected chi connectivity index (χ4v) is 3.88. The van der Waals surface area contributed by atoms with E-state index >= 15 is 0 Å². The summed E-state index contributed by atoms with van der Waals surface area (Å²) in [6.45, 7) is 1.04. The Morgan fingerprint density at radius 2 is 1.86 bits per heavy atom. The molecule has 0 spiro atoms. The van der Waals surface area contributed by atoms with E-state index in [0.29, 0.717) is 32.5 Å². The molecule has 2 aromatic rings. The van der Waals surface area contributed by atoms with Gasteiger partial charge < -0.3 is 29.2 Å². The number of ether oxygens (including phenoxy) is 4. The molecular formula is C22H26O6. The van der Waals surface area contributed by atoms with Gasteiger partial charge in [0.25, 0.3) is 0 Å². The first-order valence-corrected chi connectivity index (χ1v) is 9.66. The minimum absolute atomic E-state index is 0.0895. The topological polar surface area (TPSA) is 77.4 Å². The smallest absolute Gasteiger partial charge is 0.161 e. The molecule has 150 valence electrons. The van der Waals surface area contributed by atoms with Crippen molar-refractivity contribution in [1.82, 2.24) is 0 Å². The van der Waals surface area contributed by atoms with Crippen LogP contribution in [0.1, 0.15) is 35.6 Å². The number of rotatable bonds is 5. The van der Waals surface area contributed by atoms with Crippen LogP contribution in [0.3, 0.4) is 0 Å². The lowest BCUT2D eigenvalue weighted by atomic mass is 9.93. The highest BCUT2D eigenvalue weighted by atomic mass is 16.6. The predicted molar refractivity (Wildman–Crippen MR) is 103 cm³/mol. The summed E-state index contributed by atoms with van der Waals surface area (Å²) < 4.78 is 22.8. The van der Waals surface area contributed by atoms with Gasteiger partial charge >= 0.3 is 0 Å². The third kappa shape index (κ3) is 4.09. The fraction of sp³-hybridized carbons (Fsp3) is 0.455. The molecule has 0 aliphatic carbocycles. The molecule has 0 saturated carbocycles. The van der Waals surface area contributed by atoms with E-state index in [1.165, 1.54) is 0 Å². The number of hydrogen-bond acceptors (Lipinski definition) is 6. The lowest BCUT2D eigenvalue weighted by Crippen LogP contribution is -2.33. The molecule has 2 heterocycles. The first-order valence-electron chi connectivity index (χ1n) is 9.66. The van der Waals surface area contributed by atoms with Crippen molar-refractivity contribution in [1.29, 1.82) is 0 Å². The molecule has 3 atom stereocenters. The molecule has 0 bridgehead atoms. The lowest BCUT2D eigenvalue weighted by Gasteiger charge is -2.32. The second-order valence-corrected chi connectivity index (χ2v) is 7.28. The van der Waals surface area contributed by atoms with E-state index in [4.69, 9.17) is 18.9 Å². The van der Waals surface area contributed by atoms with Crippen LogP contribution in [0.4, 0.5) is 0 Å². The van der Waals surface area contributed by atoms with Crippen molar-refractivity contribution in [2.24, 2.45) is 0 Å². The highest BCUT2D eigenvalue weighted by Gasteiger charge is 2.29. The molecule has 28 heavy (non-hydrogen) atoms. The summed E-state index contributed by atoms with van der Waals surface area (Å²) in [5.74, 6) is 2.34. The normalized spacial score (nSPS) is 24.0. The third-order valence-corrected chi connectivity index (χ3v) is 5.26. The number of aliphatic hydroxyl groups is 2. The first kappa shape index (κ1) is 19.1. The Bertz CT molecular complexity index is 821. The second-order valence-electron chi connectivity index (χ2n) is 7.28. The molecule has 1 fully saturated rings. The second kappa shape index (κ2) is 8.39. The van der Waals surface area contributed by atoms with Crippen molar-refractivity contribution < 1.29 is 29.2 Å². The largest absolute Gasteiger partial charge is 0.496 e. The lowest BCUT2D eigenvalue weighted by molar-refractivity contribution is -0.113. The number of fused-ring (bicyclic) bond motifs is 1. The van der Waals surface area contributed by atoms with E-state index in [1.54, 1.807) is 7.11 Å². The van der Waals surface area contributed by atoms with Gasteiger partial charge in [-0.15, -0.1) is 0 Å². The highest BCUT2D eigenvalue weighted by molar-refractivity contribution is 5.47. The molecule has 0 unspecified atom stereocenters. The van der Waals surface area contributed by atoms with Crippen molar-refractivity contribution in [2.45, 2.75) is 37.6 Å². The summed E-state index contributed by atoms with van der Waals surface area (Å²) >= 11 is 0. The Hall–Kier alpha value is -2.28. The standard InChI is InChI=1S/C22H26O6/c1-25-19-5-3-15(21-12-17(24)11-18(13-23)28-21)10-16(19)8-14-2-4-20-22(9-14)27-7-6-26-20/h2-5,9-10,17-18,21,23-24H,6-8,11-13H2,1H3/t17-,18-,21+/m0/s1. The van der Waals surface area contributed by atoms with Gasteiger partial charge in [0.05, 0.1) is 32.0 Å². The Balaban J connectivity index is 1.59. The molecule has 0 aromatic heterocycles. The van der Waals surface area contributed by atoms with Gasteiger partial charge in [-0.05, 0) is 41.0 Å². The van der Waals surface area contributed by atoms with Crippen LogP contribution in [0, 0.1) is 0 Å². The van der Waals surface area contributed by atoms with Crippen LogP contribution >= 0.6 is 0 Å². The van der Waals surface area contributed by atoms with E-state index in [9.17, 15) is 10.2 Å². The van der Waals surface area contributed by atoms with Gasteiger partial charge in [0, 0.05) is 19.3 Å².